The maximum atomic E-state index is 12.9. The molecule has 0 radical (unpaired) electrons. The molecule has 2 aliphatic rings. The number of hydrogen-bond donors (Lipinski definition) is 2. The number of thiophene rings is 1. The Morgan fingerprint density at radius 1 is 1.50 bits per heavy atom. The van der Waals surface area contributed by atoms with Crippen LogP contribution in [0.25, 0.3) is 0 Å². The maximum absolute atomic E-state index is 12.9. The molecule has 0 bridgehead atoms. The molecule has 2 heterocycles. The largest absolute Gasteiger partial charge is 0.353 e. The second kappa shape index (κ2) is 7.33. The molecule has 124 valence electrons. The van der Waals surface area contributed by atoms with E-state index in [1.807, 2.05) is 11.3 Å². The lowest BCUT2D eigenvalue weighted by Crippen LogP contribution is -2.50. The first-order valence-electron chi connectivity index (χ1n) is 8.17. The van der Waals surface area contributed by atoms with Crippen LogP contribution in [0.2, 0.25) is 0 Å². The van der Waals surface area contributed by atoms with Crippen LogP contribution in [0, 0.1) is 18.3 Å². The van der Waals surface area contributed by atoms with Crippen molar-refractivity contribution >= 4 is 29.7 Å². The highest BCUT2D eigenvalue weighted by atomic mass is 35.5. The van der Waals surface area contributed by atoms with E-state index in [1.165, 1.54) is 29.0 Å². The maximum Gasteiger partial charge on any atom is 0.228 e. The molecule has 5 heteroatoms. The highest BCUT2D eigenvalue weighted by Gasteiger charge is 2.49. The topological polar surface area (TPSA) is 41.1 Å². The van der Waals surface area contributed by atoms with E-state index in [0.29, 0.717) is 5.92 Å². The van der Waals surface area contributed by atoms with Gasteiger partial charge in [0, 0.05) is 28.8 Å². The molecule has 3 rings (SSSR count). The normalized spacial score (nSPS) is 28.5. The molecular formula is C17H27ClN2OS. The molecule has 3 nitrogen and oxygen atoms in total. The minimum absolute atomic E-state index is 0. The summed E-state index contributed by atoms with van der Waals surface area (Å²) in [6.45, 7) is 6.15. The summed E-state index contributed by atoms with van der Waals surface area (Å²) in [5.74, 6) is 0.834. The molecule has 1 aliphatic carbocycles. The van der Waals surface area contributed by atoms with Crippen LogP contribution in [0.4, 0.5) is 0 Å². The molecule has 1 amide bonds. The quantitative estimate of drug-likeness (QED) is 0.881. The lowest BCUT2D eigenvalue weighted by molar-refractivity contribution is -0.134. The molecule has 2 fully saturated rings. The molecule has 2 N–H and O–H groups in total. The third kappa shape index (κ3) is 3.50. The zero-order valence-electron chi connectivity index (χ0n) is 13.5. The Bertz CT molecular complexity index is 519. The Morgan fingerprint density at radius 3 is 3.05 bits per heavy atom. The van der Waals surface area contributed by atoms with Gasteiger partial charge >= 0.3 is 0 Å². The van der Waals surface area contributed by atoms with Crippen molar-refractivity contribution in [2.45, 2.75) is 52.0 Å². The van der Waals surface area contributed by atoms with Gasteiger partial charge in [-0.05, 0) is 51.3 Å². The van der Waals surface area contributed by atoms with Crippen LogP contribution in [-0.4, -0.2) is 25.0 Å². The summed E-state index contributed by atoms with van der Waals surface area (Å²) < 4.78 is 0. The predicted octanol–water partition coefficient (Wildman–Crippen LogP) is 3.31. The van der Waals surface area contributed by atoms with Crippen molar-refractivity contribution in [2.24, 2.45) is 11.3 Å². The predicted molar refractivity (Wildman–Crippen MR) is 94.9 cm³/mol. The minimum Gasteiger partial charge on any atom is -0.353 e. The van der Waals surface area contributed by atoms with Gasteiger partial charge in [0.15, 0.2) is 0 Å². The first-order chi connectivity index (χ1) is 10.1. The van der Waals surface area contributed by atoms with Crippen LogP contribution in [0.3, 0.4) is 0 Å². The van der Waals surface area contributed by atoms with Gasteiger partial charge < -0.3 is 10.6 Å². The van der Waals surface area contributed by atoms with Crippen molar-refractivity contribution in [3.05, 3.63) is 21.9 Å². The van der Waals surface area contributed by atoms with Crippen molar-refractivity contribution in [1.82, 2.24) is 10.6 Å². The summed E-state index contributed by atoms with van der Waals surface area (Å²) >= 11 is 1.83. The van der Waals surface area contributed by atoms with E-state index in [2.05, 4.69) is 36.6 Å². The number of fused-ring (bicyclic) bond motifs is 1. The Balaban J connectivity index is 0.00000176. The standard InChI is InChI=1S/C17H26N2OS.ClH/c1-12(9-15-7-6-13(2)21-15)19-16(20)17-8-4-3-5-14(17)10-18-11-17;/h6-7,12,14,18H,3-5,8-11H2,1-2H3,(H,19,20);1H/t12?,14-,17+;/m0./s1. The third-order valence-corrected chi connectivity index (χ3v) is 6.19. The van der Waals surface area contributed by atoms with Crippen molar-refractivity contribution < 1.29 is 4.79 Å². The van der Waals surface area contributed by atoms with Crippen molar-refractivity contribution in [3.8, 4) is 0 Å². The molecule has 3 atom stereocenters. The molecule has 0 aromatic carbocycles. The number of carbonyl (C=O) groups is 1. The van der Waals surface area contributed by atoms with E-state index >= 15 is 0 Å². The first kappa shape index (κ1) is 17.8. The molecular weight excluding hydrogens is 316 g/mol. The zero-order chi connectivity index (χ0) is 14.9. The number of aryl methyl sites for hydroxylation is 1. The average molecular weight is 343 g/mol. The van der Waals surface area contributed by atoms with Gasteiger partial charge in [-0.1, -0.05) is 12.8 Å². The molecule has 1 unspecified atom stereocenters. The zero-order valence-corrected chi connectivity index (χ0v) is 15.1. The molecule has 1 saturated heterocycles. The van der Waals surface area contributed by atoms with Gasteiger partial charge in [-0.2, -0.15) is 0 Å². The van der Waals surface area contributed by atoms with Gasteiger partial charge in [-0.3, -0.25) is 4.79 Å². The van der Waals surface area contributed by atoms with Gasteiger partial charge in [0.1, 0.15) is 0 Å². The number of amides is 1. The number of carbonyl (C=O) groups excluding carboxylic acids is 1. The number of hydrogen-bond acceptors (Lipinski definition) is 3. The van der Waals surface area contributed by atoms with E-state index in [4.69, 9.17) is 0 Å². The summed E-state index contributed by atoms with van der Waals surface area (Å²) in [5.41, 5.74) is -0.127. The fraction of sp³-hybridized carbons (Fsp3) is 0.706. The van der Waals surface area contributed by atoms with Crippen molar-refractivity contribution in [2.75, 3.05) is 13.1 Å². The Kier molecular flexibility index (Phi) is 5.92. The van der Waals surface area contributed by atoms with E-state index in [1.54, 1.807) is 0 Å². The summed E-state index contributed by atoms with van der Waals surface area (Å²) in [5, 5.41) is 6.75. The van der Waals surface area contributed by atoms with Crippen LogP contribution >= 0.6 is 23.7 Å². The highest BCUT2D eigenvalue weighted by molar-refractivity contribution is 7.11. The average Bonchev–Trinajstić information content (AvgIpc) is 3.05. The highest BCUT2D eigenvalue weighted by Crippen LogP contribution is 2.44. The lowest BCUT2D eigenvalue weighted by atomic mass is 9.67. The smallest absolute Gasteiger partial charge is 0.228 e. The monoisotopic (exact) mass is 342 g/mol. The number of halogens is 1. The van der Waals surface area contributed by atoms with E-state index in [9.17, 15) is 4.79 Å². The second-order valence-corrected chi connectivity index (χ2v) is 8.19. The Labute approximate surface area is 143 Å². The number of nitrogens with one attached hydrogen (secondary N) is 2. The molecule has 1 saturated carbocycles. The molecule has 1 aliphatic heterocycles. The van der Waals surface area contributed by atoms with Crippen LogP contribution in [0.15, 0.2) is 12.1 Å². The molecule has 22 heavy (non-hydrogen) atoms. The van der Waals surface area contributed by atoms with Gasteiger partial charge in [0.25, 0.3) is 0 Å². The lowest BCUT2D eigenvalue weighted by Gasteiger charge is -2.37. The molecule has 1 aromatic rings. The summed E-state index contributed by atoms with van der Waals surface area (Å²) in [7, 11) is 0. The SMILES string of the molecule is Cc1ccc(CC(C)NC(=O)[C@@]23CCCC[C@H]2CNC3)s1.Cl. The van der Waals surface area contributed by atoms with Crippen LogP contribution in [0.5, 0.6) is 0 Å². The van der Waals surface area contributed by atoms with Crippen LogP contribution < -0.4 is 10.6 Å². The van der Waals surface area contributed by atoms with Gasteiger partial charge in [0.05, 0.1) is 5.41 Å². The summed E-state index contributed by atoms with van der Waals surface area (Å²) in [6.07, 6.45) is 5.69. The Morgan fingerprint density at radius 2 is 2.32 bits per heavy atom. The first-order valence-corrected chi connectivity index (χ1v) is 8.99. The Hall–Kier alpha value is -0.580. The molecule has 1 aromatic heterocycles. The summed E-state index contributed by atoms with van der Waals surface area (Å²) in [6, 6.07) is 4.56. The summed E-state index contributed by atoms with van der Waals surface area (Å²) in [4.78, 5) is 15.6. The van der Waals surface area contributed by atoms with E-state index < -0.39 is 0 Å². The number of rotatable bonds is 4. The fourth-order valence-electron chi connectivity index (χ4n) is 4.01. The van der Waals surface area contributed by atoms with E-state index in [-0.39, 0.29) is 29.8 Å². The van der Waals surface area contributed by atoms with Gasteiger partial charge in [-0.15, -0.1) is 23.7 Å². The second-order valence-electron chi connectivity index (χ2n) is 6.82. The van der Waals surface area contributed by atoms with Crippen LogP contribution in [-0.2, 0) is 11.2 Å². The van der Waals surface area contributed by atoms with E-state index in [0.717, 1.165) is 25.9 Å². The van der Waals surface area contributed by atoms with Crippen LogP contribution in [0.1, 0.15) is 42.4 Å². The minimum atomic E-state index is -0.127. The van der Waals surface area contributed by atoms with Crippen molar-refractivity contribution in [3.63, 3.8) is 0 Å². The third-order valence-electron chi connectivity index (χ3n) is 5.17. The molecule has 0 spiro atoms. The fourth-order valence-corrected chi connectivity index (χ4v) is 5.02. The van der Waals surface area contributed by atoms with Gasteiger partial charge in [0.2, 0.25) is 5.91 Å². The van der Waals surface area contributed by atoms with Gasteiger partial charge in [-0.25, -0.2) is 0 Å². The van der Waals surface area contributed by atoms with Crippen molar-refractivity contribution in [1.29, 1.82) is 0 Å².